The van der Waals surface area contributed by atoms with Crippen LogP contribution in [-0.4, -0.2) is 19.3 Å². The fourth-order valence-electron chi connectivity index (χ4n) is 2.64. The van der Waals surface area contributed by atoms with E-state index in [4.69, 9.17) is 39.8 Å². The zero-order valence-electron chi connectivity index (χ0n) is 14.5. The molecule has 8 heteroatoms. The summed E-state index contributed by atoms with van der Waals surface area (Å²) in [5.74, 6) is 0.501. The third-order valence-corrected chi connectivity index (χ3v) is 5.61. The van der Waals surface area contributed by atoms with Crippen molar-refractivity contribution in [2.45, 2.75) is 34.2 Å². The Bertz CT molecular complexity index is 925. The second kappa shape index (κ2) is 8.74. The molecule has 2 aromatic carbocycles. The number of hydrogen-bond acceptors (Lipinski definition) is 3. The summed E-state index contributed by atoms with van der Waals surface area (Å²) in [5.41, 5.74) is 2.72. The highest BCUT2D eigenvalue weighted by Crippen LogP contribution is 2.41. The van der Waals surface area contributed by atoms with Gasteiger partial charge in [-0.2, -0.15) is 0 Å². The summed E-state index contributed by atoms with van der Waals surface area (Å²) in [5, 5.41) is 3.49. The van der Waals surface area contributed by atoms with Crippen molar-refractivity contribution in [3.8, 4) is 0 Å². The number of carbonyl (C=O) groups is 1. The zero-order chi connectivity index (χ0) is 19.4. The van der Waals surface area contributed by atoms with Crippen LogP contribution in [0.15, 0.2) is 59.8 Å². The van der Waals surface area contributed by atoms with E-state index in [1.807, 2.05) is 54.6 Å². The summed E-state index contributed by atoms with van der Waals surface area (Å²) < 4.78 is 0.0554. The van der Waals surface area contributed by atoms with Crippen LogP contribution in [0.5, 0.6) is 0 Å². The molecule has 1 heterocycles. The monoisotopic (exact) mass is 441 g/mol. The number of thioether (sulfide) groups is 1. The van der Waals surface area contributed by atoms with E-state index < -0.39 is 9.96 Å². The Labute approximate surface area is 177 Å². The van der Waals surface area contributed by atoms with Gasteiger partial charge in [0.25, 0.3) is 0 Å². The van der Waals surface area contributed by atoms with Crippen molar-refractivity contribution in [1.82, 2.24) is 14.9 Å². The number of nitrogens with one attached hydrogen (secondary N) is 1. The molecule has 1 amide bonds. The lowest BCUT2D eigenvalue weighted by atomic mass is 10.2. The third kappa shape index (κ3) is 4.91. The third-order valence-electron chi connectivity index (χ3n) is 3.96. The van der Waals surface area contributed by atoms with Gasteiger partial charge in [0.15, 0.2) is 11.3 Å². The standard InChI is InChI=1S/C19H18Cl3N3OS/c1-2-16(26)24-17(19(20,21)22)25-15-11-7-6-10-14(15)23-18(25)27-12-13-8-4-3-5-9-13/h3-11,17H,2,12H2,1H3,(H,24,26)/t17-/m0/s1. The van der Waals surface area contributed by atoms with Gasteiger partial charge in [0.1, 0.15) is 0 Å². The average Bonchev–Trinajstić information content (AvgIpc) is 3.02. The molecule has 3 aromatic rings. The molecule has 0 aliphatic rings. The lowest BCUT2D eigenvalue weighted by Crippen LogP contribution is -2.40. The quantitative estimate of drug-likeness (QED) is 0.392. The molecule has 1 aromatic heterocycles. The molecule has 142 valence electrons. The summed E-state index contributed by atoms with van der Waals surface area (Å²) in [7, 11) is 0. The van der Waals surface area contributed by atoms with Crippen LogP contribution in [-0.2, 0) is 10.5 Å². The van der Waals surface area contributed by atoms with Crippen LogP contribution < -0.4 is 5.32 Å². The van der Waals surface area contributed by atoms with Crippen LogP contribution >= 0.6 is 46.6 Å². The lowest BCUT2D eigenvalue weighted by molar-refractivity contribution is -0.122. The summed E-state index contributed by atoms with van der Waals surface area (Å²) in [6.45, 7) is 1.75. The lowest BCUT2D eigenvalue weighted by Gasteiger charge is -2.28. The van der Waals surface area contributed by atoms with Crippen LogP contribution in [0.1, 0.15) is 25.1 Å². The van der Waals surface area contributed by atoms with Crippen LogP contribution in [0.3, 0.4) is 0 Å². The van der Waals surface area contributed by atoms with Crippen LogP contribution in [0.4, 0.5) is 0 Å². The van der Waals surface area contributed by atoms with Gasteiger partial charge in [0, 0.05) is 12.2 Å². The largest absolute Gasteiger partial charge is 0.332 e. The van der Waals surface area contributed by atoms with Crippen LogP contribution in [0, 0.1) is 0 Å². The van der Waals surface area contributed by atoms with Gasteiger partial charge in [0.2, 0.25) is 9.70 Å². The number of fused-ring (bicyclic) bond motifs is 1. The van der Waals surface area contributed by atoms with Gasteiger partial charge in [-0.25, -0.2) is 4.98 Å². The highest BCUT2D eigenvalue weighted by atomic mass is 35.6. The number of halogens is 3. The van der Waals surface area contributed by atoms with Crippen molar-refractivity contribution in [2.75, 3.05) is 0 Å². The SMILES string of the molecule is CCC(=O)N[C@@H](n1c(SCc2ccccc2)nc2ccccc21)C(Cl)(Cl)Cl. The number of rotatable bonds is 6. The topological polar surface area (TPSA) is 46.9 Å². The number of carbonyl (C=O) groups excluding carboxylic acids is 1. The van der Waals surface area contributed by atoms with E-state index in [1.165, 1.54) is 11.8 Å². The highest BCUT2D eigenvalue weighted by molar-refractivity contribution is 7.98. The number of alkyl halides is 3. The minimum Gasteiger partial charge on any atom is -0.332 e. The van der Waals surface area contributed by atoms with Crippen LogP contribution in [0.2, 0.25) is 0 Å². The number of para-hydroxylation sites is 2. The number of nitrogens with zero attached hydrogens (tertiary/aromatic N) is 2. The van der Waals surface area contributed by atoms with Gasteiger partial charge in [-0.05, 0) is 17.7 Å². The Morgan fingerprint density at radius 3 is 2.48 bits per heavy atom. The van der Waals surface area contributed by atoms with Crippen molar-refractivity contribution >= 4 is 63.5 Å². The number of amides is 1. The molecule has 1 N–H and O–H groups in total. The number of hydrogen-bond donors (Lipinski definition) is 1. The predicted molar refractivity (Wildman–Crippen MR) is 113 cm³/mol. The molecule has 4 nitrogen and oxygen atoms in total. The molecular weight excluding hydrogens is 425 g/mol. The van der Waals surface area contributed by atoms with E-state index in [1.54, 1.807) is 11.5 Å². The molecule has 0 bridgehead atoms. The highest BCUT2D eigenvalue weighted by Gasteiger charge is 2.37. The molecule has 3 rings (SSSR count). The molecule has 0 unspecified atom stereocenters. The van der Waals surface area contributed by atoms with Crippen LogP contribution in [0.25, 0.3) is 11.0 Å². The summed E-state index contributed by atoms with van der Waals surface area (Å²) in [6, 6.07) is 17.6. The first-order valence-electron chi connectivity index (χ1n) is 8.40. The van der Waals surface area contributed by atoms with Gasteiger partial charge < -0.3 is 5.32 Å². The Morgan fingerprint density at radius 1 is 1.15 bits per heavy atom. The fraction of sp³-hybridized carbons (Fsp3) is 0.263. The van der Waals surface area contributed by atoms with Crippen molar-refractivity contribution in [3.05, 3.63) is 60.2 Å². The maximum absolute atomic E-state index is 12.1. The molecule has 0 spiro atoms. The maximum Gasteiger partial charge on any atom is 0.229 e. The Kier molecular flexibility index (Phi) is 6.58. The summed E-state index contributed by atoms with van der Waals surface area (Å²) in [6.07, 6.45) is -0.586. The second-order valence-electron chi connectivity index (χ2n) is 5.89. The average molecular weight is 443 g/mol. The minimum atomic E-state index is -1.74. The maximum atomic E-state index is 12.1. The van der Waals surface area contributed by atoms with Gasteiger partial charge >= 0.3 is 0 Å². The molecule has 0 radical (unpaired) electrons. The van der Waals surface area contributed by atoms with Gasteiger partial charge in [0.05, 0.1) is 11.0 Å². The Balaban J connectivity index is 2.03. The molecule has 27 heavy (non-hydrogen) atoms. The van der Waals surface area contributed by atoms with Crippen molar-refractivity contribution in [3.63, 3.8) is 0 Å². The Hall–Kier alpha value is -1.40. The minimum absolute atomic E-state index is 0.205. The molecule has 0 aliphatic heterocycles. The van der Waals surface area contributed by atoms with Crippen molar-refractivity contribution in [2.24, 2.45) is 0 Å². The first-order chi connectivity index (χ1) is 12.9. The first kappa shape index (κ1) is 20.3. The predicted octanol–water partition coefficient (Wildman–Crippen LogP) is 5.72. The first-order valence-corrected chi connectivity index (χ1v) is 10.5. The Morgan fingerprint density at radius 2 is 1.81 bits per heavy atom. The summed E-state index contributed by atoms with van der Waals surface area (Å²) >= 11 is 20.2. The zero-order valence-corrected chi connectivity index (χ0v) is 17.6. The normalized spacial score (nSPS) is 12.9. The molecular formula is C19H18Cl3N3OS. The van der Waals surface area contributed by atoms with E-state index in [9.17, 15) is 4.79 Å². The number of benzene rings is 2. The van der Waals surface area contributed by atoms with E-state index in [0.29, 0.717) is 10.9 Å². The molecule has 0 fully saturated rings. The summed E-state index contributed by atoms with van der Waals surface area (Å²) in [4.78, 5) is 16.8. The van der Waals surface area contributed by atoms with E-state index in [2.05, 4.69) is 5.32 Å². The van der Waals surface area contributed by atoms with E-state index >= 15 is 0 Å². The fourth-order valence-corrected chi connectivity index (χ4v) is 4.09. The van der Waals surface area contributed by atoms with E-state index in [-0.39, 0.29) is 12.3 Å². The molecule has 1 atom stereocenters. The second-order valence-corrected chi connectivity index (χ2v) is 9.20. The van der Waals surface area contributed by atoms with Gasteiger partial charge in [-0.1, -0.05) is 96.0 Å². The molecule has 0 saturated heterocycles. The van der Waals surface area contributed by atoms with Crippen molar-refractivity contribution in [1.29, 1.82) is 0 Å². The number of aromatic nitrogens is 2. The number of imidazole rings is 1. The molecule has 0 saturated carbocycles. The van der Waals surface area contributed by atoms with Gasteiger partial charge in [-0.15, -0.1) is 0 Å². The molecule has 0 aliphatic carbocycles. The smallest absolute Gasteiger partial charge is 0.229 e. The van der Waals surface area contributed by atoms with E-state index in [0.717, 1.165) is 16.6 Å². The van der Waals surface area contributed by atoms with Gasteiger partial charge in [-0.3, -0.25) is 9.36 Å². The van der Waals surface area contributed by atoms with Crippen molar-refractivity contribution < 1.29 is 4.79 Å².